The first-order chi connectivity index (χ1) is 9.67. The third kappa shape index (κ3) is 3.30. The molecule has 0 radical (unpaired) electrons. The molecule has 1 fully saturated rings. The van der Waals surface area contributed by atoms with Gasteiger partial charge in [0, 0.05) is 19.1 Å². The quantitative estimate of drug-likeness (QED) is 0.913. The van der Waals surface area contributed by atoms with Gasteiger partial charge in [-0.05, 0) is 43.0 Å². The molecule has 1 aliphatic rings. The molecule has 1 aliphatic heterocycles. The van der Waals surface area contributed by atoms with Crippen LogP contribution in [-0.2, 0) is 6.54 Å². The van der Waals surface area contributed by atoms with Gasteiger partial charge < -0.3 is 10.5 Å². The van der Waals surface area contributed by atoms with Gasteiger partial charge in [-0.3, -0.25) is 4.90 Å². The summed E-state index contributed by atoms with van der Waals surface area (Å²) in [6.45, 7) is 4.93. The van der Waals surface area contributed by atoms with Crippen LogP contribution in [0.2, 0.25) is 0 Å². The number of nitriles is 1. The summed E-state index contributed by atoms with van der Waals surface area (Å²) in [6.07, 6.45) is 2.38. The maximum Gasteiger partial charge on any atom is 0.136 e. The Morgan fingerprint density at radius 3 is 2.95 bits per heavy atom. The van der Waals surface area contributed by atoms with E-state index in [-0.39, 0.29) is 0 Å². The van der Waals surface area contributed by atoms with Crippen molar-refractivity contribution >= 4 is 0 Å². The molecule has 1 aromatic carbocycles. The molecule has 2 atom stereocenters. The number of rotatable bonds is 4. The normalized spacial score (nSPS) is 23.3. The van der Waals surface area contributed by atoms with Gasteiger partial charge in [0.15, 0.2) is 0 Å². The second-order valence-electron chi connectivity index (χ2n) is 5.64. The SMILES string of the molecule is COc1ccc(CN2CCC(C)CC2CN)cc1C#N. The average molecular weight is 273 g/mol. The lowest BCUT2D eigenvalue weighted by Gasteiger charge is -2.38. The number of nitrogens with two attached hydrogens (primary N) is 1. The molecule has 1 heterocycles. The smallest absolute Gasteiger partial charge is 0.136 e. The van der Waals surface area contributed by atoms with Gasteiger partial charge in [-0.1, -0.05) is 13.0 Å². The van der Waals surface area contributed by atoms with E-state index >= 15 is 0 Å². The van der Waals surface area contributed by atoms with Crippen molar-refractivity contribution in [2.24, 2.45) is 11.7 Å². The molecule has 2 N–H and O–H groups in total. The van der Waals surface area contributed by atoms with Gasteiger partial charge in [-0.15, -0.1) is 0 Å². The van der Waals surface area contributed by atoms with E-state index in [2.05, 4.69) is 17.9 Å². The molecule has 1 aromatic rings. The molecule has 20 heavy (non-hydrogen) atoms. The minimum atomic E-state index is 0.450. The van der Waals surface area contributed by atoms with Crippen LogP contribution in [0, 0.1) is 17.2 Å². The summed E-state index contributed by atoms with van der Waals surface area (Å²) in [5.41, 5.74) is 7.64. The fourth-order valence-corrected chi connectivity index (χ4v) is 2.93. The largest absolute Gasteiger partial charge is 0.495 e. The third-order valence-corrected chi connectivity index (χ3v) is 4.14. The molecule has 2 rings (SSSR count). The Balaban J connectivity index is 2.11. The maximum absolute atomic E-state index is 9.15. The fourth-order valence-electron chi connectivity index (χ4n) is 2.93. The van der Waals surface area contributed by atoms with E-state index in [0.29, 0.717) is 23.9 Å². The van der Waals surface area contributed by atoms with Gasteiger partial charge in [-0.25, -0.2) is 0 Å². The van der Waals surface area contributed by atoms with Crippen molar-refractivity contribution in [1.29, 1.82) is 5.26 Å². The molecule has 0 saturated carbocycles. The zero-order valence-corrected chi connectivity index (χ0v) is 12.3. The summed E-state index contributed by atoms with van der Waals surface area (Å²) >= 11 is 0. The summed E-state index contributed by atoms with van der Waals surface area (Å²) in [5.74, 6) is 1.39. The predicted octanol–water partition coefficient (Wildman–Crippen LogP) is 2.13. The van der Waals surface area contributed by atoms with Crippen LogP contribution in [0.1, 0.15) is 30.9 Å². The Bertz CT molecular complexity index is 495. The molecule has 2 unspecified atom stereocenters. The minimum absolute atomic E-state index is 0.450. The van der Waals surface area contributed by atoms with Crippen LogP contribution >= 0.6 is 0 Å². The number of piperidine rings is 1. The first kappa shape index (κ1) is 14.8. The molecule has 0 aromatic heterocycles. The van der Waals surface area contributed by atoms with Crippen molar-refractivity contribution < 1.29 is 4.74 Å². The van der Waals surface area contributed by atoms with Crippen LogP contribution in [0.25, 0.3) is 0 Å². The van der Waals surface area contributed by atoms with Gasteiger partial charge >= 0.3 is 0 Å². The Labute approximate surface area is 121 Å². The highest BCUT2D eigenvalue weighted by molar-refractivity contribution is 5.45. The fraction of sp³-hybridized carbons (Fsp3) is 0.562. The third-order valence-electron chi connectivity index (χ3n) is 4.14. The van der Waals surface area contributed by atoms with Crippen LogP contribution in [0.4, 0.5) is 0 Å². The number of hydrogen-bond acceptors (Lipinski definition) is 4. The summed E-state index contributed by atoms with van der Waals surface area (Å²) in [6, 6.07) is 8.47. The molecule has 108 valence electrons. The van der Waals surface area contributed by atoms with E-state index in [0.717, 1.165) is 31.0 Å². The molecule has 0 aliphatic carbocycles. The van der Waals surface area contributed by atoms with Crippen molar-refractivity contribution in [3.8, 4) is 11.8 Å². The van der Waals surface area contributed by atoms with E-state index in [1.165, 1.54) is 6.42 Å². The number of benzene rings is 1. The highest BCUT2D eigenvalue weighted by Crippen LogP contribution is 2.25. The lowest BCUT2D eigenvalue weighted by Crippen LogP contribution is -2.45. The van der Waals surface area contributed by atoms with Crippen molar-refractivity contribution in [3.05, 3.63) is 29.3 Å². The Morgan fingerprint density at radius 1 is 1.50 bits per heavy atom. The Morgan fingerprint density at radius 2 is 2.30 bits per heavy atom. The van der Waals surface area contributed by atoms with Gasteiger partial charge in [0.05, 0.1) is 12.7 Å². The van der Waals surface area contributed by atoms with Gasteiger partial charge in [-0.2, -0.15) is 5.26 Å². The Hall–Kier alpha value is -1.57. The van der Waals surface area contributed by atoms with Gasteiger partial charge in [0.25, 0.3) is 0 Å². The number of methoxy groups -OCH3 is 1. The molecule has 1 saturated heterocycles. The van der Waals surface area contributed by atoms with E-state index < -0.39 is 0 Å². The van der Waals surface area contributed by atoms with Crippen LogP contribution < -0.4 is 10.5 Å². The summed E-state index contributed by atoms with van der Waals surface area (Å²) in [4.78, 5) is 2.43. The zero-order valence-electron chi connectivity index (χ0n) is 12.3. The van der Waals surface area contributed by atoms with Crippen LogP contribution in [0.5, 0.6) is 5.75 Å². The standard InChI is InChI=1S/C16H23N3O/c1-12-5-6-19(15(7-12)10-18)11-13-3-4-16(20-2)14(8-13)9-17/h3-4,8,12,15H,5-7,10-11,18H2,1-2H3. The molecule has 0 amide bonds. The van der Waals surface area contributed by atoms with Crippen molar-refractivity contribution in [1.82, 2.24) is 4.90 Å². The van der Waals surface area contributed by atoms with E-state index in [1.54, 1.807) is 7.11 Å². The van der Waals surface area contributed by atoms with Crippen LogP contribution in [0.3, 0.4) is 0 Å². The highest BCUT2D eigenvalue weighted by atomic mass is 16.5. The van der Waals surface area contributed by atoms with Gasteiger partial charge in [0.2, 0.25) is 0 Å². The molecule has 4 heteroatoms. The highest BCUT2D eigenvalue weighted by Gasteiger charge is 2.25. The van der Waals surface area contributed by atoms with Crippen LogP contribution in [-0.4, -0.2) is 31.1 Å². The van der Waals surface area contributed by atoms with Crippen molar-refractivity contribution in [2.75, 3.05) is 20.2 Å². The molecule has 0 spiro atoms. The molecular weight excluding hydrogens is 250 g/mol. The number of likely N-dealkylation sites (tertiary alicyclic amines) is 1. The van der Waals surface area contributed by atoms with Crippen LogP contribution in [0.15, 0.2) is 18.2 Å². The summed E-state index contributed by atoms with van der Waals surface area (Å²) in [7, 11) is 1.59. The number of hydrogen-bond donors (Lipinski definition) is 1. The van der Waals surface area contributed by atoms with E-state index in [4.69, 9.17) is 15.7 Å². The monoisotopic (exact) mass is 273 g/mol. The molecule has 0 bridgehead atoms. The minimum Gasteiger partial charge on any atom is -0.495 e. The summed E-state index contributed by atoms with van der Waals surface area (Å²) < 4.78 is 5.18. The van der Waals surface area contributed by atoms with E-state index in [1.807, 2.05) is 18.2 Å². The molecular formula is C16H23N3O. The lowest BCUT2D eigenvalue weighted by molar-refractivity contribution is 0.115. The van der Waals surface area contributed by atoms with Crippen molar-refractivity contribution in [2.45, 2.75) is 32.4 Å². The Kier molecular flexibility index (Phi) is 4.99. The summed E-state index contributed by atoms with van der Waals surface area (Å²) in [5, 5.41) is 9.15. The second-order valence-corrected chi connectivity index (χ2v) is 5.64. The van der Waals surface area contributed by atoms with Crippen molar-refractivity contribution in [3.63, 3.8) is 0 Å². The zero-order chi connectivity index (χ0) is 14.5. The van der Waals surface area contributed by atoms with E-state index in [9.17, 15) is 0 Å². The number of ether oxygens (including phenoxy) is 1. The first-order valence-electron chi connectivity index (χ1n) is 7.19. The first-order valence-corrected chi connectivity index (χ1v) is 7.19. The predicted molar refractivity (Wildman–Crippen MR) is 79.4 cm³/mol. The number of nitrogens with zero attached hydrogens (tertiary/aromatic N) is 2. The average Bonchev–Trinajstić information content (AvgIpc) is 2.48. The topological polar surface area (TPSA) is 62.3 Å². The second kappa shape index (κ2) is 6.74. The van der Waals surface area contributed by atoms with Gasteiger partial charge in [0.1, 0.15) is 11.8 Å². The molecule has 4 nitrogen and oxygen atoms in total. The maximum atomic E-state index is 9.15. The lowest BCUT2D eigenvalue weighted by atomic mass is 9.92.